The van der Waals surface area contributed by atoms with Gasteiger partial charge in [-0.3, -0.25) is 15.6 Å². The van der Waals surface area contributed by atoms with Crippen molar-refractivity contribution < 1.29 is 14.3 Å². The molecule has 0 fully saturated rings. The van der Waals surface area contributed by atoms with E-state index in [2.05, 4.69) is 16.2 Å². The fourth-order valence-corrected chi connectivity index (χ4v) is 2.34. The Bertz CT molecular complexity index is 802. The molecular weight excluding hydrogens is 385 g/mol. The molecule has 0 aliphatic heterocycles. The van der Waals surface area contributed by atoms with Crippen LogP contribution in [0.15, 0.2) is 36.4 Å². The van der Waals surface area contributed by atoms with Gasteiger partial charge in [0.25, 0.3) is 5.91 Å². The topological polar surface area (TPSA) is 71.6 Å². The lowest BCUT2D eigenvalue weighted by atomic mass is 10.2. The van der Waals surface area contributed by atoms with Gasteiger partial charge in [-0.2, -0.15) is 0 Å². The van der Waals surface area contributed by atoms with Crippen LogP contribution >= 0.6 is 35.4 Å². The molecule has 1 amide bonds. The molecule has 2 aromatic rings. The van der Waals surface area contributed by atoms with Crippen LogP contribution in [0.3, 0.4) is 0 Å². The maximum Gasteiger partial charge on any atom is 0.269 e. The number of anilines is 1. The Morgan fingerprint density at radius 3 is 2.40 bits per heavy atom. The molecule has 0 spiro atoms. The van der Waals surface area contributed by atoms with E-state index in [1.165, 1.54) is 19.2 Å². The summed E-state index contributed by atoms with van der Waals surface area (Å²) in [5.74, 6) is 0.776. The third kappa shape index (κ3) is 5.12. The van der Waals surface area contributed by atoms with Gasteiger partial charge in [0, 0.05) is 11.6 Å². The largest absolute Gasteiger partial charge is 0.497 e. The molecule has 0 bridgehead atoms. The van der Waals surface area contributed by atoms with Crippen molar-refractivity contribution in [2.75, 3.05) is 19.5 Å². The SMILES string of the molecule is COc1ccc(NC(=S)NNC(=O)c2ccc(Cl)c(Cl)c2)c(OC)c1. The number of rotatable bonds is 4. The molecule has 2 aromatic carbocycles. The lowest BCUT2D eigenvalue weighted by molar-refractivity contribution is 0.0944. The second-order valence-electron chi connectivity index (χ2n) is 4.73. The number of carbonyl (C=O) groups excluding carboxylic acids is 1. The first-order valence-corrected chi connectivity index (χ1v) is 8.15. The van der Waals surface area contributed by atoms with Gasteiger partial charge < -0.3 is 14.8 Å². The van der Waals surface area contributed by atoms with Gasteiger partial charge in [-0.15, -0.1) is 0 Å². The van der Waals surface area contributed by atoms with Crippen molar-refractivity contribution in [3.05, 3.63) is 52.0 Å². The molecule has 2 rings (SSSR count). The average molecular weight is 400 g/mol. The average Bonchev–Trinajstić information content (AvgIpc) is 2.62. The monoisotopic (exact) mass is 399 g/mol. The molecule has 0 saturated carbocycles. The third-order valence-electron chi connectivity index (χ3n) is 3.13. The van der Waals surface area contributed by atoms with Crippen LogP contribution < -0.4 is 25.6 Å². The first-order chi connectivity index (χ1) is 11.9. The molecule has 0 unspecified atom stereocenters. The molecule has 132 valence electrons. The Hall–Kier alpha value is -2.22. The molecular formula is C16H15Cl2N3O3S. The van der Waals surface area contributed by atoms with E-state index >= 15 is 0 Å². The van der Waals surface area contributed by atoms with E-state index in [9.17, 15) is 4.79 Å². The lowest BCUT2D eigenvalue weighted by Gasteiger charge is -2.15. The van der Waals surface area contributed by atoms with E-state index in [1.807, 2.05) is 0 Å². The predicted octanol–water partition coefficient (Wildman–Crippen LogP) is 3.64. The first-order valence-electron chi connectivity index (χ1n) is 6.99. The van der Waals surface area contributed by atoms with E-state index in [0.29, 0.717) is 27.8 Å². The van der Waals surface area contributed by atoms with Gasteiger partial charge in [-0.25, -0.2) is 0 Å². The van der Waals surface area contributed by atoms with E-state index in [1.54, 1.807) is 31.4 Å². The van der Waals surface area contributed by atoms with Gasteiger partial charge in [-0.1, -0.05) is 23.2 Å². The Morgan fingerprint density at radius 1 is 1.00 bits per heavy atom. The molecule has 0 radical (unpaired) electrons. The summed E-state index contributed by atoms with van der Waals surface area (Å²) in [6.07, 6.45) is 0. The number of thiocarbonyl (C=S) groups is 1. The van der Waals surface area contributed by atoms with Crippen LogP contribution in [0.4, 0.5) is 5.69 Å². The van der Waals surface area contributed by atoms with Crippen LogP contribution in [-0.2, 0) is 0 Å². The second kappa shape index (κ2) is 8.75. The molecule has 0 aliphatic rings. The first kappa shape index (κ1) is 19.1. The molecule has 0 saturated heterocycles. The van der Waals surface area contributed by atoms with Gasteiger partial charge >= 0.3 is 0 Å². The van der Waals surface area contributed by atoms with Gasteiger partial charge in [0.1, 0.15) is 11.5 Å². The summed E-state index contributed by atoms with van der Waals surface area (Å²) < 4.78 is 10.4. The molecule has 0 heterocycles. The normalized spacial score (nSPS) is 9.92. The number of carbonyl (C=O) groups is 1. The van der Waals surface area contributed by atoms with Crippen LogP contribution in [0.2, 0.25) is 10.0 Å². The quantitative estimate of drug-likeness (QED) is 0.538. The van der Waals surface area contributed by atoms with Crippen LogP contribution in [0.25, 0.3) is 0 Å². The van der Waals surface area contributed by atoms with Gasteiger partial charge in [0.2, 0.25) is 0 Å². The summed E-state index contributed by atoms with van der Waals surface area (Å²) in [6.45, 7) is 0. The maximum absolute atomic E-state index is 12.1. The number of hydrogen-bond acceptors (Lipinski definition) is 4. The highest BCUT2D eigenvalue weighted by atomic mass is 35.5. The standard InChI is InChI=1S/C16H15Cl2N3O3S/c1-23-10-4-6-13(14(8-10)24-2)19-16(25)21-20-15(22)9-3-5-11(17)12(18)7-9/h3-8H,1-2H3,(H,20,22)(H2,19,21,25). The van der Waals surface area contributed by atoms with E-state index in [0.717, 1.165) is 0 Å². The minimum absolute atomic E-state index is 0.178. The van der Waals surface area contributed by atoms with E-state index in [4.69, 9.17) is 44.9 Å². The number of hydrazine groups is 1. The van der Waals surface area contributed by atoms with Gasteiger partial charge in [0.15, 0.2) is 5.11 Å². The van der Waals surface area contributed by atoms with Gasteiger partial charge in [0.05, 0.1) is 30.0 Å². The highest BCUT2D eigenvalue weighted by molar-refractivity contribution is 7.80. The third-order valence-corrected chi connectivity index (χ3v) is 4.07. The molecule has 6 nitrogen and oxygen atoms in total. The Balaban J connectivity index is 1.96. The summed E-state index contributed by atoms with van der Waals surface area (Å²) in [5.41, 5.74) is 6.02. The fourth-order valence-electron chi connectivity index (χ4n) is 1.88. The number of ether oxygens (including phenoxy) is 2. The summed E-state index contributed by atoms with van der Waals surface area (Å²) in [5, 5.41) is 3.76. The number of nitrogens with one attached hydrogen (secondary N) is 3. The number of amides is 1. The molecule has 25 heavy (non-hydrogen) atoms. The van der Waals surface area contributed by atoms with Crippen molar-refractivity contribution in [1.82, 2.24) is 10.9 Å². The van der Waals surface area contributed by atoms with Crippen LogP contribution in [0, 0.1) is 0 Å². The van der Waals surface area contributed by atoms with E-state index in [-0.39, 0.29) is 10.1 Å². The predicted molar refractivity (Wildman–Crippen MR) is 103 cm³/mol. The van der Waals surface area contributed by atoms with Gasteiger partial charge in [-0.05, 0) is 42.5 Å². The lowest BCUT2D eigenvalue weighted by Crippen LogP contribution is -2.43. The number of methoxy groups -OCH3 is 2. The molecule has 0 aliphatic carbocycles. The number of hydrogen-bond donors (Lipinski definition) is 3. The van der Waals surface area contributed by atoms with Crippen molar-refractivity contribution in [3.8, 4) is 11.5 Å². The van der Waals surface area contributed by atoms with Crippen molar-refractivity contribution in [2.24, 2.45) is 0 Å². The number of benzene rings is 2. The fraction of sp³-hybridized carbons (Fsp3) is 0.125. The van der Waals surface area contributed by atoms with Crippen molar-refractivity contribution in [2.45, 2.75) is 0 Å². The highest BCUT2D eigenvalue weighted by Crippen LogP contribution is 2.28. The maximum atomic E-state index is 12.1. The van der Waals surface area contributed by atoms with Crippen molar-refractivity contribution in [1.29, 1.82) is 0 Å². The minimum atomic E-state index is -0.413. The summed E-state index contributed by atoms with van der Waals surface area (Å²) in [6, 6.07) is 9.75. The zero-order valence-electron chi connectivity index (χ0n) is 13.4. The summed E-state index contributed by atoms with van der Waals surface area (Å²) in [4.78, 5) is 12.1. The molecule has 0 atom stereocenters. The summed E-state index contributed by atoms with van der Waals surface area (Å²) in [7, 11) is 3.09. The second-order valence-corrected chi connectivity index (χ2v) is 5.95. The smallest absolute Gasteiger partial charge is 0.269 e. The Labute approximate surface area is 160 Å². The Morgan fingerprint density at radius 2 is 1.76 bits per heavy atom. The van der Waals surface area contributed by atoms with E-state index < -0.39 is 5.91 Å². The zero-order valence-corrected chi connectivity index (χ0v) is 15.7. The van der Waals surface area contributed by atoms with Crippen LogP contribution in [-0.4, -0.2) is 25.2 Å². The van der Waals surface area contributed by atoms with Crippen molar-refractivity contribution >= 4 is 52.1 Å². The Kier molecular flexibility index (Phi) is 6.69. The number of halogens is 2. The van der Waals surface area contributed by atoms with Crippen molar-refractivity contribution in [3.63, 3.8) is 0 Å². The highest BCUT2D eigenvalue weighted by Gasteiger charge is 2.10. The molecule has 9 heteroatoms. The molecule has 0 aromatic heterocycles. The molecule has 3 N–H and O–H groups in total. The summed E-state index contributed by atoms with van der Waals surface area (Å²) >= 11 is 16.9. The minimum Gasteiger partial charge on any atom is -0.497 e. The van der Waals surface area contributed by atoms with Crippen LogP contribution in [0.1, 0.15) is 10.4 Å². The zero-order chi connectivity index (χ0) is 18.4. The van der Waals surface area contributed by atoms with Crippen LogP contribution in [0.5, 0.6) is 11.5 Å².